The molecule has 2 rings (SSSR count). The summed E-state index contributed by atoms with van der Waals surface area (Å²) in [6.07, 6.45) is 0.947. The number of sulfonamides is 1. The summed E-state index contributed by atoms with van der Waals surface area (Å²) in [5.74, 6) is -0.335. The van der Waals surface area contributed by atoms with E-state index in [-0.39, 0.29) is 16.9 Å². The molecule has 6 heteroatoms. The van der Waals surface area contributed by atoms with Crippen LogP contribution in [0.15, 0.2) is 23.1 Å². The third-order valence-corrected chi connectivity index (χ3v) is 5.40. The fourth-order valence-electron chi connectivity index (χ4n) is 2.23. The molecule has 1 aliphatic rings. The van der Waals surface area contributed by atoms with E-state index in [1.807, 2.05) is 0 Å². The van der Waals surface area contributed by atoms with Crippen LogP contribution in [0.1, 0.15) is 18.4 Å². The molecule has 1 N–H and O–H groups in total. The Morgan fingerprint density at radius 1 is 1.42 bits per heavy atom. The van der Waals surface area contributed by atoms with Crippen LogP contribution in [-0.4, -0.2) is 37.5 Å². The summed E-state index contributed by atoms with van der Waals surface area (Å²) in [4.78, 5) is -0.0297. The van der Waals surface area contributed by atoms with Gasteiger partial charge in [-0.25, -0.2) is 17.1 Å². The molecule has 1 saturated carbocycles. The molecule has 4 nitrogen and oxygen atoms in total. The summed E-state index contributed by atoms with van der Waals surface area (Å²) < 4.78 is 39.2. The number of aryl methyl sites for hydroxylation is 1. The lowest BCUT2D eigenvalue weighted by Gasteiger charge is -2.34. The van der Waals surface area contributed by atoms with Crippen molar-refractivity contribution in [1.82, 2.24) is 4.31 Å². The van der Waals surface area contributed by atoms with E-state index >= 15 is 0 Å². The zero-order valence-electron chi connectivity index (χ0n) is 11.0. The Morgan fingerprint density at radius 3 is 2.58 bits per heavy atom. The summed E-state index contributed by atoms with van der Waals surface area (Å²) in [5.41, 5.74) is 0.420. The Balaban J connectivity index is 2.14. The lowest BCUT2D eigenvalue weighted by molar-refractivity contribution is 0.0367. The second-order valence-electron chi connectivity index (χ2n) is 5.19. The van der Waals surface area contributed by atoms with Crippen LogP contribution in [0.2, 0.25) is 0 Å². The average molecular weight is 287 g/mol. The van der Waals surface area contributed by atoms with Crippen molar-refractivity contribution in [3.63, 3.8) is 0 Å². The van der Waals surface area contributed by atoms with E-state index in [4.69, 9.17) is 0 Å². The van der Waals surface area contributed by atoms with Crippen molar-refractivity contribution in [2.45, 2.75) is 30.8 Å². The number of aliphatic hydroxyl groups excluding tert-OH is 1. The van der Waals surface area contributed by atoms with Crippen molar-refractivity contribution < 1.29 is 17.9 Å². The molecule has 0 saturated heterocycles. The lowest BCUT2D eigenvalue weighted by Crippen LogP contribution is -2.39. The van der Waals surface area contributed by atoms with Gasteiger partial charge in [-0.05, 0) is 43.4 Å². The fourth-order valence-corrected chi connectivity index (χ4v) is 3.48. The monoisotopic (exact) mass is 287 g/mol. The normalized spacial score (nSPS) is 23.4. The highest BCUT2D eigenvalue weighted by Crippen LogP contribution is 2.29. The van der Waals surface area contributed by atoms with Gasteiger partial charge < -0.3 is 5.11 Å². The number of aliphatic hydroxyl groups is 1. The second kappa shape index (κ2) is 5.19. The van der Waals surface area contributed by atoms with Crippen molar-refractivity contribution in [3.05, 3.63) is 29.6 Å². The number of hydrogen-bond acceptors (Lipinski definition) is 3. The summed E-state index contributed by atoms with van der Waals surface area (Å²) in [6, 6.07) is 3.93. The SMILES string of the molecule is Cc1ccc(S(=O)(=O)N(C)CC2CC(O)C2)cc1F. The molecule has 0 atom stereocenters. The van der Waals surface area contributed by atoms with E-state index in [0.717, 1.165) is 6.07 Å². The predicted molar refractivity (Wildman–Crippen MR) is 69.7 cm³/mol. The van der Waals surface area contributed by atoms with Crippen LogP contribution in [0, 0.1) is 18.7 Å². The van der Waals surface area contributed by atoms with Gasteiger partial charge in [0.1, 0.15) is 5.82 Å². The molecule has 1 aromatic carbocycles. The number of benzene rings is 1. The smallest absolute Gasteiger partial charge is 0.242 e. The molecule has 0 aromatic heterocycles. The zero-order chi connectivity index (χ0) is 14.2. The molecule has 0 bridgehead atoms. The molecule has 0 radical (unpaired) electrons. The molecule has 1 aliphatic carbocycles. The number of hydrogen-bond donors (Lipinski definition) is 1. The average Bonchev–Trinajstić information content (AvgIpc) is 2.30. The van der Waals surface area contributed by atoms with Gasteiger partial charge >= 0.3 is 0 Å². The highest BCUT2D eigenvalue weighted by atomic mass is 32.2. The Kier molecular flexibility index (Phi) is 3.94. The Hall–Kier alpha value is -0.980. The van der Waals surface area contributed by atoms with Gasteiger partial charge in [0.2, 0.25) is 10.0 Å². The van der Waals surface area contributed by atoms with Crippen LogP contribution in [0.4, 0.5) is 4.39 Å². The van der Waals surface area contributed by atoms with Crippen LogP contribution < -0.4 is 0 Å². The standard InChI is InChI=1S/C13H18FNO3S/c1-9-3-4-12(7-13(9)14)19(17,18)15(2)8-10-5-11(16)6-10/h3-4,7,10-11,16H,5-6,8H2,1-2H3. The van der Waals surface area contributed by atoms with E-state index < -0.39 is 15.8 Å². The minimum absolute atomic E-state index is 0.0297. The van der Waals surface area contributed by atoms with Crippen molar-refractivity contribution >= 4 is 10.0 Å². The van der Waals surface area contributed by atoms with Crippen molar-refractivity contribution in [2.24, 2.45) is 5.92 Å². The van der Waals surface area contributed by atoms with Gasteiger partial charge in [-0.2, -0.15) is 0 Å². The fraction of sp³-hybridized carbons (Fsp3) is 0.538. The number of halogens is 1. The van der Waals surface area contributed by atoms with Gasteiger partial charge in [0.15, 0.2) is 0 Å². The molecule has 106 valence electrons. The molecule has 0 aliphatic heterocycles. The van der Waals surface area contributed by atoms with Gasteiger partial charge in [-0.3, -0.25) is 0 Å². The van der Waals surface area contributed by atoms with E-state index in [9.17, 15) is 17.9 Å². The molecule has 0 amide bonds. The van der Waals surface area contributed by atoms with Crippen LogP contribution in [-0.2, 0) is 10.0 Å². The van der Waals surface area contributed by atoms with Gasteiger partial charge in [-0.1, -0.05) is 6.07 Å². The highest BCUT2D eigenvalue weighted by molar-refractivity contribution is 7.89. The lowest BCUT2D eigenvalue weighted by atomic mass is 9.82. The van der Waals surface area contributed by atoms with Crippen LogP contribution in [0.5, 0.6) is 0 Å². The minimum atomic E-state index is -3.66. The number of nitrogens with zero attached hydrogens (tertiary/aromatic N) is 1. The molecular weight excluding hydrogens is 269 g/mol. The predicted octanol–water partition coefficient (Wildman–Crippen LogP) is 1.53. The van der Waals surface area contributed by atoms with Crippen molar-refractivity contribution in [3.8, 4) is 0 Å². The summed E-state index contributed by atoms with van der Waals surface area (Å²) in [6.45, 7) is 1.94. The molecule has 0 spiro atoms. The van der Waals surface area contributed by atoms with Gasteiger partial charge in [-0.15, -0.1) is 0 Å². The zero-order valence-corrected chi connectivity index (χ0v) is 11.8. The van der Waals surface area contributed by atoms with Crippen molar-refractivity contribution in [1.29, 1.82) is 0 Å². The maximum Gasteiger partial charge on any atom is 0.242 e. The van der Waals surface area contributed by atoms with E-state index in [1.54, 1.807) is 6.92 Å². The van der Waals surface area contributed by atoms with Crippen molar-refractivity contribution in [2.75, 3.05) is 13.6 Å². The van der Waals surface area contributed by atoms with Crippen LogP contribution in [0.3, 0.4) is 0 Å². The first-order chi connectivity index (χ1) is 8.80. The van der Waals surface area contributed by atoms with Gasteiger partial charge in [0.05, 0.1) is 11.0 Å². The first-order valence-electron chi connectivity index (χ1n) is 6.21. The van der Waals surface area contributed by atoms with Crippen LogP contribution in [0.25, 0.3) is 0 Å². The largest absolute Gasteiger partial charge is 0.393 e. The first kappa shape index (κ1) is 14.4. The maximum absolute atomic E-state index is 13.4. The topological polar surface area (TPSA) is 57.6 Å². The number of rotatable bonds is 4. The molecule has 19 heavy (non-hydrogen) atoms. The minimum Gasteiger partial charge on any atom is -0.393 e. The van der Waals surface area contributed by atoms with E-state index in [1.165, 1.54) is 23.5 Å². The molecule has 1 aromatic rings. The first-order valence-corrected chi connectivity index (χ1v) is 7.65. The third-order valence-electron chi connectivity index (χ3n) is 3.58. The highest BCUT2D eigenvalue weighted by Gasteiger charge is 2.31. The van der Waals surface area contributed by atoms with Crippen LogP contribution >= 0.6 is 0 Å². The summed E-state index contributed by atoms with van der Waals surface area (Å²) >= 11 is 0. The molecule has 0 unspecified atom stereocenters. The third kappa shape index (κ3) is 2.96. The molecule has 1 fully saturated rings. The Morgan fingerprint density at radius 2 is 2.05 bits per heavy atom. The maximum atomic E-state index is 13.4. The van der Waals surface area contributed by atoms with Gasteiger partial charge in [0.25, 0.3) is 0 Å². The molecule has 0 heterocycles. The Bertz CT molecular complexity index is 567. The quantitative estimate of drug-likeness (QED) is 0.913. The summed E-state index contributed by atoms with van der Waals surface area (Å²) in [5, 5.41) is 9.20. The second-order valence-corrected chi connectivity index (χ2v) is 7.23. The van der Waals surface area contributed by atoms with Gasteiger partial charge in [0, 0.05) is 13.6 Å². The van der Waals surface area contributed by atoms with E-state index in [2.05, 4.69) is 0 Å². The Labute approximate surface area is 112 Å². The molecular formula is C13H18FNO3S. The summed E-state index contributed by atoms with van der Waals surface area (Å²) in [7, 11) is -2.17. The van der Waals surface area contributed by atoms with E-state index in [0.29, 0.717) is 24.9 Å².